The zero-order valence-electron chi connectivity index (χ0n) is 21.3. The monoisotopic (exact) mass is 484 g/mol. The molecule has 0 atom stereocenters. The second kappa shape index (κ2) is 6.82. The highest BCUT2D eigenvalue weighted by Gasteiger charge is 2.35. The Morgan fingerprint density at radius 2 is 1.21 bits per heavy atom. The van der Waals surface area contributed by atoms with E-state index in [9.17, 15) is 0 Å². The zero-order chi connectivity index (χ0) is 25.2. The van der Waals surface area contributed by atoms with Crippen molar-refractivity contribution in [3.8, 4) is 11.1 Å². The van der Waals surface area contributed by atoms with Gasteiger partial charge in [0.1, 0.15) is 11.2 Å². The van der Waals surface area contributed by atoms with E-state index >= 15 is 0 Å². The lowest BCUT2D eigenvalue weighted by molar-refractivity contribution is 0.663. The second-order valence-corrected chi connectivity index (χ2v) is 11.3. The standard InChI is InChI=1S/C37H24O/c1-37(2)30-19-18-25(28-17-16-27-23-10-5-4-9-22(23)20-31(37)35(27)34(28)30)26-12-7-13-32-33(26)29-15-14-21-8-3-6-11-24(21)36(29)38-32/h3-20H,1-2H3. The van der Waals surface area contributed by atoms with E-state index in [0.717, 1.165) is 16.6 Å². The summed E-state index contributed by atoms with van der Waals surface area (Å²) < 4.78 is 6.53. The third-order valence-corrected chi connectivity index (χ3v) is 9.03. The number of rotatable bonds is 1. The Kier molecular flexibility index (Phi) is 3.67. The van der Waals surface area contributed by atoms with Crippen molar-refractivity contribution >= 4 is 65.0 Å². The molecule has 1 heteroatoms. The van der Waals surface area contributed by atoms with E-state index in [0.29, 0.717) is 0 Å². The average Bonchev–Trinajstić information content (AvgIpc) is 3.45. The van der Waals surface area contributed by atoms with Crippen molar-refractivity contribution in [3.63, 3.8) is 0 Å². The predicted molar refractivity (Wildman–Crippen MR) is 161 cm³/mol. The van der Waals surface area contributed by atoms with Crippen molar-refractivity contribution in [2.75, 3.05) is 0 Å². The SMILES string of the molecule is CC1(C)c2ccc(-c3cccc4oc5c6ccccc6ccc5c34)c3ccc4c5ccccc5cc1c4c23. The van der Waals surface area contributed by atoms with Gasteiger partial charge in [0, 0.05) is 21.6 Å². The molecular weight excluding hydrogens is 460 g/mol. The van der Waals surface area contributed by atoms with E-state index in [1.54, 1.807) is 0 Å². The van der Waals surface area contributed by atoms with Gasteiger partial charge in [-0.1, -0.05) is 105 Å². The van der Waals surface area contributed by atoms with Crippen LogP contribution in [0.15, 0.2) is 114 Å². The van der Waals surface area contributed by atoms with Crippen molar-refractivity contribution in [2.45, 2.75) is 19.3 Å². The van der Waals surface area contributed by atoms with Crippen molar-refractivity contribution in [3.05, 3.63) is 120 Å². The van der Waals surface area contributed by atoms with Crippen LogP contribution in [0.25, 0.3) is 76.2 Å². The lowest BCUT2D eigenvalue weighted by Gasteiger charge is -2.22. The van der Waals surface area contributed by atoms with Crippen LogP contribution in [0, 0.1) is 0 Å². The summed E-state index contributed by atoms with van der Waals surface area (Å²) in [4.78, 5) is 0. The minimum atomic E-state index is -0.0456. The first-order valence-electron chi connectivity index (χ1n) is 13.4. The topological polar surface area (TPSA) is 13.1 Å². The lowest BCUT2D eigenvalue weighted by Crippen LogP contribution is -2.15. The van der Waals surface area contributed by atoms with Crippen molar-refractivity contribution in [2.24, 2.45) is 0 Å². The molecule has 8 aromatic rings. The second-order valence-electron chi connectivity index (χ2n) is 11.3. The van der Waals surface area contributed by atoms with Gasteiger partial charge in [0.25, 0.3) is 0 Å². The molecule has 38 heavy (non-hydrogen) atoms. The zero-order valence-corrected chi connectivity index (χ0v) is 21.3. The third kappa shape index (κ3) is 2.38. The van der Waals surface area contributed by atoms with Crippen LogP contribution in [0.3, 0.4) is 0 Å². The van der Waals surface area contributed by atoms with Crippen molar-refractivity contribution in [1.29, 1.82) is 0 Å². The van der Waals surface area contributed by atoms with E-state index in [2.05, 4.69) is 123 Å². The molecular formula is C37H24O. The summed E-state index contributed by atoms with van der Waals surface area (Å²) in [6.07, 6.45) is 0. The molecule has 1 aliphatic rings. The summed E-state index contributed by atoms with van der Waals surface area (Å²) in [5, 5.41) is 12.9. The smallest absolute Gasteiger partial charge is 0.143 e. The number of hydrogen-bond donors (Lipinski definition) is 0. The van der Waals surface area contributed by atoms with Crippen molar-refractivity contribution in [1.82, 2.24) is 0 Å². The Morgan fingerprint density at radius 3 is 2.11 bits per heavy atom. The van der Waals surface area contributed by atoms with Gasteiger partial charge in [0.15, 0.2) is 0 Å². The molecule has 0 radical (unpaired) electrons. The van der Waals surface area contributed by atoms with Gasteiger partial charge in [-0.3, -0.25) is 0 Å². The largest absolute Gasteiger partial charge is 0.455 e. The highest BCUT2D eigenvalue weighted by molar-refractivity contribution is 6.26. The summed E-state index contributed by atoms with van der Waals surface area (Å²) in [6, 6.07) is 40.1. The van der Waals surface area contributed by atoms with Crippen LogP contribution in [-0.2, 0) is 5.41 Å². The molecule has 0 saturated carbocycles. The number of furan rings is 1. The van der Waals surface area contributed by atoms with E-state index in [1.165, 1.54) is 70.7 Å². The molecule has 9 rings (SSSR count). The van der Waals surface area contributed by atoms with E-state index in [4.69, 9.17) is 4.42 Å². The fraction of sp³-hybridized carbons (Fsp3) is 0.0811. The van der Waals surface area contributed by atoms with Crippen LogP contribution < -0.4 is 0 Å². The average molecular weight is 485 g/mol. The highest BCUT2D eigenvalue weighted by Crippen LogP contribution is 2.53. The number of benzene rings is 7. The molecule has 7 aromatic carbocycles. The molecule has 0 saturated heterocycles. The molecule has 1 aliphatic carbocycles. The molecule has 0 N–H and O–H groups in total. The molecule has 178 valence electrons. The van der Waals surface area contributed by atoms with Gasteiger partial charge in [0.2, 0.25) is 0 Å². The Labute approximate surface area is 219 Å². The van der Waals surface area contributed by atoms with Gasteiger partial charge >= 0.3 is 0 Å². The Bertz CT molecular complexity index is 2310. The maximum Gasteiger partial charge on any atom is 0.143 e. The molecule has 0 spiro atoms. The van der Waals surface area contributed by atoms with Gasteiger partial charge in [-0.15, -0.1) is 0 Å². The van der Waals surface area contributed by atoms with Gasteiger partial charge in [0.05, 0.1) is 0 Å². The highest BCUT2D eigenvalue weighted by atomic mass is 16.3. The van der Waals surface area contributed by atoms with Crippen LogP contribution in [0.4, 0.5) is 0 Å². The predicted octanol–water partition coefficient (Wildman–Crippen LogP) is 10.5. The fourth-order valence-electron chi connectivity index (χ4n) is 7.22. The Hall–Kier alpha value is -4.62. The van der Waals surface area contributed by atoms with Gasteiger partial charge in [-0.25, -0.2) is 0 Å². The van der Waals surface area contributed by atoms with Gasteiger partial charge < -0.3 is 4.42 Å². The summed E-state index contributed by atoms with van der Waals surface area (Å²) >= 11 is 0. The third-order valence-electron chi connectivity index (χ3n) is 9.03. The normalized spacial score (nSPS) is 14.3. The minimum Gasteiger partial charge on any atom is -0.455 e. The summed E-state index contributed by atoms with van der Waals surface area (Å²) in [5.74, 6) is 0. The van der Waals surface area contributed by atoms with E-state index < -0.39 is 0 Å². The molecule has 1 nitrogen and oxygen atoms in total. The van der Waals surface area contributed by atoms with Gasteiger partial charge in [-0.05, 0) is 78.2 Å². The molecule has 1 heterocycles. The summed E-state index contributed by atoms with van der Waals surface area (Å²) in [7, 11) is 0. The minimum absolute atomic E-state index is 0.0456. The van der Waals surface area contributed by atoms with Gasteiger partial charge in [-0.2, -0.15) is 0 Å². The first kappa shape index (κ1) is 20.4. The number of fused-ring (bicyclic) bond motifs is 7. The maximum absolute atomic E-state index is 6.53. The van der Waals surface area contributed by atoms with Crippen LogP contribution in [-0.4, -0.2) is 0 Å². The van der Waals surface area contributed by atoms with Crippen LogP contribution >= 0.6 is 0 Å². The van der Waals surface area contributed by atoms with Crippen molar-refractivity contribution < 1.29 is 4.42 Å². The molecule has 1 aromatic heterocycles. The molecule has 0 unspecified atom stereocenters. The molecule has 0 amide bonds. The van der Waals surface area contributed by atoms with Crippen LogP contribution in [0.2, 0.25) is 0 Å². The van der Waals surface area contributed by atoms with Crippen LogP contribution in [0.5, 0.6) is 0 Å². The Balaban J connectivity index is 1.43. The van der Waals surface area contributed by atoms with E-state index in [1.807, 2.05) is 0 Å². The molecule has 0 aliphatic heterocycles. The first-order valence-corrected chi connectivity index (χ1v) is 13.4. The van der Waals surface area contributed by atoms with Crippen LogP contribution in [0.1, 0.15) is 25.0 Å². The quantitative estimate of drug-likeness (QED) is 0.211. The Morgan fingerprint density at radius 1 is 0.474 bits per heavy atom. The summed E-state index contributed by atoms with van der Waals surface area (Å²) in [6.45, 7) is 4.75. The molecule has 0 fully saturated rings. The first-order chi connectivity index (χ1) is 18.6. The van der Waals surface area contributed by atoms with E-state index in [-0.39, 0.29) is 5.41 Å². The maximum atomic E-state index is 6.53. The lowest BCUT2D eigenvalue weighted by atomic mass is 9.80. The number of hydrogen-bond acceptors (Lipinski definition) is 1. The summed E-state index contributed by atoms with van der Waals surface area (Å²) in [5.41, 5.74) is 7.21. The molecule has 0 bridgehead atoms. The fourth-order valence-corrected chi connectivity index (χ4v) is 7.22.